The number of nitrogens with one attached hydrogen (secondary N) is 2. The molecule has 3 aromatic carbocycles. The van der Waals surface area contributed by atoms with Crippen molar-refractivity contribution in [1.29, 1.82) is 0 Å². The lowest BCUT2D eigenvalue weighted by atomic mass is 10.0. The molecule has 4 rings (SSSR count). The minimum atomic E-state index is -4.52. The number of halogens is 3. The number of carbonyl (C=O) groups is 1. The van der Waals surface area contributed by atoms with Gasteiger partial charge in [0, 0.05) is 42.1 Å². The van der Waals surface area contributed by atoms with Crippen molar-refractivity contribution in [2.75, 3.05) is 30.5 Å². The Labute approximate surface area is 223 Å². The smallest absolute Gasteiger partial charge is 0.416 e. The number of likely N-dealkylation sites (N-methyl/N-ethyl adjacent to an activating group) is 1. The second kappa shape index (κ2) is 10.7. The molecule has 11 heteroatoms. The highest BCUT2D eigenvalue weighted by Gasteiger charge is 2.31. The van der Waals surface area contributed by atoms with Crippen LogP contribution in [0.25, 0.3) is 10.9 Å². The first-order valence-corrected chi connectivity index (χ1v) is 12.1. The fourth-order valence-electron chi connectivity index (χ4n) is 4.10. The van der Waals surface area contributed by atoms with Crippen LogP contribution in [0.1, 0.15) is 35.5 Å². The summed E-state index contributed by atoms with van der Waals surface area (Å²) in [6.07, 6.45) is -4.47. The van der Waals surface area contributed by atoms with Crippen LogP contribution >= 0.6 is 0 Å². The highest BCUT2D eigenvalue weighted by atomic mass is 19.4. The number of carbonyl (C=O) groups excluding carboxylic acids is 1. The lowest BCUT2D eigenvalue weighted by molar-refractivity contribution is -0.137. The normalized spacial score (nSPS) is 12.3. The fraction of sp³-hybridized carbons (Fsp3) is 0.250. The van der Waals surface area contributed by atoms with E-state index in [2.05, 4.69) is 20.6 Å². The molecule has 8 nitrogen and oxygen atoms in total. The average molecular weight is 539 g/mol. The number of nitrogens with zero attached hydrogens (tertiary/aromatic N) is 3. The second-order valence-electron chi connectivity index (χ2n) is 9.54. The van der Waals surface area contributed by atoms with Crippen LogP contribution in [0.2, 0.25) is 0 Å². The number of aromatic nitrogens is 2. The Kier molecular flexibility index (Phi) is 7.53. The molecule has 0 radical (unpaired) electrons. The van der Waals surface area contributed by atoms with Gasteiger partial charge < -0.3 is 26.4 Å². The molecule has 0 saturated carbocycles. The van der Waals surface area contributed by atoms with Crippen molar-refractivity contribution in [3.63, 3.8) is 0 Å². The second-order valence-corrected chi connectivity index (χ2v) is 9.54. The van der Waals surface area contributed by atoms with E-state index < -0.39 is 17.8 Å². The fourth-order valence-corrected chi connectivity index (χ4v) is 4.10. The molecule has 0 fully saturated rings. The third-order valence-corrected chi connectivity index (χ3v) is 6.17. The molecule has 1 heterocycles. The first-order valence-electron chi connectivity index (χ1n) is 12.1. The maximum Gasteiger partial charge on any atom is 0.416 e. The van der Waals surface area contributed by atoms with Crippen molar-refractivity contribution < 1.29 is 23.1 Å². The maximum absolute atomic E-state index is 13.3. The first kappa shape index (κ1) is 27.5. The van der Waals surface area contributed by atoms with Crippen molar-refractivity contribution >= 4 is 39.7 Å². The van der Waals surface area contributed by atoms with Crippen LogP contribution in [0.5, 0.6) is 5.75 Å². The van der Waals surface area contributed by atoms with Gasteiger partial charge in [0.25, 0.3) is 0 Å². The quantitative estimate of drug-likeness (QED) is 0.174. The predicted molar refractivity (Wildman–Crippen MR) is 146 cm³/mol. The number of rotatable bonds is 7. The summed E-state index contributed by atoms with van der Waals surface area (Å²) in [6.45, 7) is 3.46. The number of amides is 1. The van der Waals surface area contributed by atoms with E-state index in [4.69, 9.17) is 5.73 Å². The Bertz CT molecular complexity index is 1540. The summed E-state index contributed by atoms with van der Waals surface area (Å²) in [5.41, 5.74) is 7.79. The van der Waals surface area contributed by atoms with Crippen LogP contribution in [0.3, 0.4) is 0 Å². The van der Waals surface area contributed by atoms with Gasteiger partial charge in [-0.15, -0.1) is 0 Å². The van der Waals surface area contributed by atoms with E-state index in [0.717, 1.165) is 12.1 Å². The van der Waals surface area contributed by atoms with E-state index in [9.17, 15) is 23.1 Å². The number of aromatic hydroxyl groups is 1. The molecule has 39 heavy (non-hydrogen) atoms. The van der Waals surface area contributed by atoms with Gasteiger partial charge in [-0.2, -0.15) is 13.2 Å². The number of aryl methyl sites for hydroxylation is 1. The zero-order chi connectivity index (χ0) is 28.5. The van der Waals surface area contributed by atoms with Crippen LogP contribution in [0.15, 0.2) is 54.6 Å². The van der Waals surface area contributed by atoms with E-state index in [1.54, 1.807) is 46.1 Å². The van der Waals surface area contributed by atoms with Crippen molar-refractivity contribution in [2.24, 2.45) is 0 Å². The van der Waals surface area contributed by atoms with Crippen molar-refractivity contribution in [2.45, 2.75) is 32.5 Å². The molecule has 0 spiro atoms. The highest BCUT2D eigenvalue weighted by molar-refractivity contribution is 5.92. The van der Waals surface area contributed by atoms with E-state index in [-0.39, 0.29) is 23.8 Å². The number of nitrogens with two attached hydrogens (primary N) is 1. The van der Waals surface area contributed by atoms with Crippen molar-refractivity contribution in [3.05, 3.63) is 77.1 Å². The van der Waals surface area contributed by atoms with Gasteiger partial charge in [0.05, 0.1) is 23.5 Å². The largest absolute Gasteiger partial charge is 0.508 e. The van der Waals surface area contributed by atoms with E-state index in [1.165, 1.54) is 17.0 Å². The number of alkyl halides is 3. The van der Waals surface area contributed by atoms with Gasteiger partial charge >= 0.3 is 6.18 Å². The van der Waals surface area contributed by atoms with Crippen LogP contribution in [0, 0.1) is 6.92 Å². The topological polar surface area (TPSA) is 116 Å². The maximum atomic E-state index is 13.3. The summed E-state index contributed by atoms with van der Waals surface area (Å²) >= 11 is 0. The first-order chi connectivity index (χ1) is 18.3. The van der Waals surface area contributed by atoms with E-state index in [1.807, 2.05) is 12.1 Å². The number of nitrogen functional groups attached to an aromatic ring is 1. The summed E-state index contributed by atoms with van der Waals surface area (Å²) < 4.78 is 40.0. The molecule has 0 aliphatic heterocycles. The number of phenols is 1. The summed E-state index contributed by atoms with van der Waals surface area (Å²) in [5, 5.41) is 17.3. The molecule has 5 N–H and O–H groups in total. The van der Waals surface area contributed by atoms with Gasteiger partial charge in [0.15, 0.2) is 0 Å². The molecule has 1 atom stereocenters. The lowest BCUT2D eigenvalue weighted by Gasteiger charge is -2.19. The van der Waals surface area contributed by atoms with E-state index >= 15 is 0 Å². The van der Waals surface area contributed by atoms with Crippen molar-refractivity contribution in [1.82, 2.24) is 14.9 Å². The number of fused-ring (bicyclic) bond motifs is 1. The Hall–Kier alpha value is -4.54. The number of phenolic OH excluding ortho intramolecular Hbond substituents is 1. The SMILES string of the molecule is Cc1nc(N[C@H](C)c2cc(N)cc(C(F)(F)F)c2)c2cc(Nc3ccc(O)c(CC(=O)N(C)C)c3)ccc2n1. The zero-order valence-electron chi connectivity index (χ0n) is 21.9. The van der Waals surface area contributed by atoms with Gasteiger partial charge in [0.1, 0.15) is 17.4 Å². The Morgan fingerprint density at radius 1 is 1.05 bits per heavy atom. The molecule has 4 aromatic rings. The number of benzene rings is 3. The zero-order valence-corrected chi connectivity index (χ0v) is 21.9. The number of hydrogen-bond donors (Lipinski definition) is 4. The number of hydrogen-bond acceptors (Lipinski definition) is 7. The van der Waals surface area contributed by atoms with Crippen LogP contribution in [-0.2, 0) is 17.4 Å². The summed E-state index contributed by atoms with van der Waals surface area (Å²) in [5.74, 6) is 0.824. The molecule has 1 amide bonds. The van der Waals surface area contributed by atoms with Crippen LogP contribution in [-0.4, -0.2) is 40.0 Å². The third kappa shape index (κ3) is 6.49. The number of anilines is 4. The average Bonchev–Trinajstić information content (AvgIpc) is 2.85. The van der Waals surface area contributed by atoms with Gasteiger partial charge in [0.2, 0.25) is 5.91 Å². The Balaban J connectivity index is 1.65. The monoisotopic (exact) mass is 538 g/mol. The molecule has 1 aromatic heterocycles. The highest BCUT2D eigenvalue weighted by Crippen LogP contribution is 2.34. The molecule has 0 aliphatic rings. The molecular weight excluding hydrogens is 509 g/mol. The Morgan fingerprint density at radius 3 is 2.44 bits per heavy atom. The van der Waals surface area contributed by atoms with Crippen LogP contribution < -0.4 is 16.4 Å². The molecule has 0 aliphatic carbocycles. The van der Waals surface area contributed by atoms with Gasteiger partial charge in [-0.25, -0.2) is 9.97 Å². The standard InChI is InChI=1S/C28H29F3N6O2/c1-15(17-9-19(28(29,30)31)13-20(32)10-17)33-27-23-14-22(5-7-24(23)34-16(2)35-27)36-21-6-8-25(38)18(11-21)12-26(39)37(3)4/h5-11,13-15,36,38H,12,32H2,1-4H3,(H,33,34,35)/t15-/m1/s1. The van der Waals surface area contributed by atoms with Gasteiger partial charge in [-0.3, -0.25) is 4.79 Å². The van der Waals surface area contributed by atoms with E-state index in [0.29, 0.717) is 45.0 Å². The Morgan fingerprint density at radius 2 is 1.74 bits per heavy atom. The lowest BCUT2D eigenvalue weighted by Crippen LogP contribution is -2.23. The molecule has 0 unspecified atom stereocenters. The van der Waals surface area contributed by atoms with Gasteiger partial charge in [-0.1, -0.05) is 0 Å². The molecule has 0 saturated heterocycles. The third-order valence-electron chi connectivity index (χ3n) is 6.17. The summed E-state index contributed by atoms with van der Waals surface area (Å²) in [4.78, 5) is 22.6. The minimum Gasteiger partial charge on any atom is -0.508 e. The minimum absolute atomic E-state index is 0.0178. The van der Waals surface area contributed by atoms with Crippen LogP contribution in [0.4, 0.5) is 36.1 Å². The molecular formula is C28H29F3N6O2. The molecule has 0 bridgehead atoms. The van der Waals surface area contributed by atoms with Crippen molar-refractivity contribution in [3.8, 4) is 5.75 Å². The molecule has 204 valence electrons. The predicted octanol–water partition coefficient (Wildman–Crippen LogP) is 5.79. The van der Waals surface area contributed by atoms with Gasteiger partial charge in [-0.05, 0) is 74.0 Å². The summed E-state index contributed by atoms with van der Waals surface area (Å²) in [6, 6.07) is 13.3. The summed E-state index contributed by atoms with van der Waals surface area (Å²) in [7, 11) is 3.30.